The van der Waals surface area contributed by atoms with Crippen molar-refractivity contribution in [2.24, 2.45) is 0 Å². The van der Waals surface area contributed by atoms with Gasteiger partial charge in [-0.1, -0.05) is 55.5 Å². The fourth-order valence-electron chi connectivity index (χ4n) is 4.02. The molecule has 3 rings (SSSR count). The van der Waals surface area contributed by atoms with Crippen molar-refractivity contribution in [2.45, 2.75) is 52.0 Å². The molecule has 1 amide bonds. The molecule has 6 heteroatoms. The molecule has 0 saturated carbocycles. The maximum absolute atomic E-state index is 13.6. The number of carbonyl (C=O) groups is 1. The average Bonchev–Trinajstić information content (AvgIpc) is 2.80. The molecule has 1 atom stereocenters. The van der Waals surface area contributed by atoms with E-state index in [-0.39, 0.29) is 23.4 Å². The molecule has 3 aromatic rings. The fraction of sp³-hybridized carbons (Fsp3) is 0.296. The van der Waals surface area contributed by atoms with E-state index >= 15 is 0 Å². The van der Waals surface area contributed by atoms with Crippen LogP contribution in [-0.2, 0) is 21.2 Å². The standard InChI is InChI=1S/C27H32N2O3S/c1-6-23-12-10-11-15-26(23)29(33(31,32)24-13-8-7-9-14-24)18-27(30)28-22(5)25-17-20(3)19(2)16-21(25)4/h7-17,22H,6,18H2,1-5H3,(H,28,30)/t22-/m1/s1. The number of sulfonamides is 1. The third-order valence-corrected chi connectivity index (χ3v) is 7.76. The molecule has 0 saturated heterocycles. The Hall–Kier alpha value is -3.12. The molecule has 0 aliphatic rings. The number of amides is 1. The second kappa shape index (κ2) is 10.2. The Morgan fingerprint density at radius 2 is 1.52 bits per heavy atom. The minimum Gasteiger partial charge on any atom is -0.348 e. The van der Waals surface area contributed by atoms with Crippen molar-refractivity contribution in [3.05, 3.63) is 94.5 Å². The molecule has 0 heterocycles. The van der Waals surface area contributed by atoms with Gasteiger partial charge in [0.25, 0.3) is 10.0 Å². The zero-order chi connectivity index (χ0) is 24.2. The van der Waals surface area contributed by atoms with E-state index in [0.29, 0.717) is 12.1 Å². The largest absolute Gasteiger partial charge is 0.348 e. The number of benzene rings is 3. The number of hydrogen-bond acceptors (Lipinski definition) is 3. The van der Waals surface area contributed by atoms with Gasteiger partial charge in [-0.25, -0.2) is 8.42 Å². The van der Waals surface area contributed by atoms with E-state index in [2.05, 4.69) is 24.4 Å². The molecule has 0 bridgehead atoms. The SMILES string of the molecule is CCc1ccccc1N(CC(=O)N[C@H](C)c1cc(C)c(C)cc1C)S(=O)(=O)c1ccccc1. The van der Waals surface area contributed by atoms with Crippen LogP contribution in [0.1, 0.15) is 47.7 Å². The lowest BCUT2D eigenvalue weighted by Crippen LogP contribution is -2.42. The molecular weight excluding hydrogens is 432 g/mol. The van der Waals surface area contributed by atoms with Gasteiger partial charge < -0.3 is 5.32 Å². The van der Waals surface area contributed by atoms with Gasteiger partial charge in [-0.05, 0) is 80.1 Å². The smallest absolute Gasteiger partial charge is 0.264 e. The molecule has 0 spiro atoms. The summed E-state index contributed by atoms with van der Waals surface area (Å²) in [5.41, 5.74) is 5.86. The second-order valence-corrected chi connectivity index (χ2v) is 10.3. The molecule has 0 aromatic heterocycles. The first kappa shape index (κ1) is 24.5. The summed E-state index contributed by atoms with van der Waals surface area (Å²) in [5.74, 6) is -0.356. The van der Waals surface area contributed by atoms with Crippen LogP contribution in [0.25, 0.3) is 0 Å². The Labute approximate surface area is 197 Å². The monoisotopic (exact) mass is 464 g/mol. The lowest BCUT2D eigenvalue weighted by atomic mass is 9.96. The molecule has 1 N–H and O–H groups in total. The first-order valence-electron chi connectivity index (χ1n) is 11.2. The van der Waals surface area contributed by atoms with Gasteiger partial charge in [0.15, 0.2) is 0 Å². The van der Waals surface area contributed by atoms with Gasteiger partial charge in [0.2, 0.25) is 5.91 Å². The van der Waals surface area contributed by atoms with E-state index < -0.39 is 10.0 Å². The van der Waals surface area contributed by atoms with Gasteiger partial charge in [-0.2, -0.15) is 0 Å². The topological polar surface area (TPSA) is 66.5 Å². The highest BCUT2D eigenvalue weighted by atomic mass is 32.2. The van der Waals surface area contributed by atoms with Gasteiger partial charge in [0.05, 0.1) is 16.6 Å². The van der Waals surface area contributed by atoms with E-state index in [1.807, 2.05) is 39.8 Å². The van der Waals surface area contributed by atoms with Gasteiger partial charge in [0, 0.05) is 0 Å². The van der Waals surface area contributed by atoms with E-state index in [1.165, 1.54) is 9.87 Å². The van der Waals surface area contributed by atoms with Crippen LogP contribution in [-0.4, -0.2) is 20.9 Å². The van der Waals surface area contributed by atoms with Gasteiger partial charge in [0.1, 0.15) is 6.54 Å². The lowest BCUT2D eigenvalue weighted by molar-refractivity contribution is -0.120. The summed E-state index contributed by atoms with van der Waals surface area (Å²) in [6, 6.07) is 19.5. The molecule has 33 heavy (non-hydrogen) atoms. The molecule has 5 nitrogen and oxygen atoms in total. The number of nitrogens with zero attached hydrogens (tertiary/aromatic N) is 1. The van der Waals surface area contributed by atoms with Gasteiger partial charge in [-0.15, -0.1) is 0 Å². The van der Waals surface area contributed by atoms with Crippen molar-refractivity contribution in [1.29, 1.82) is 0 Å². The van der Waals surface area contributed by atoms with E-state index in [0.717, 1.165) is 22.3 Å². The van der Waals surface area contributed by atoms with E-state index in [4.69, 9.17) is 0 Å². The quantitative estimate of drug-likeness (QED) is 0.495. The Kier molecular flexibility index (Phi) is 7.59. The van der Waals surface area contributed by atoms with Crippen molar-refractivity contribution in [1.82, 2.24) is 5.32 Å². The lowest BCUT2D eigenvalue weighted by Gasteiger charge is -2.27. The van der Waals surface area contributed by atoms with E-state index in [9.17, 15) is 13.2 Å². The van der Waals surface area contributed by atoms with Crippen molar-refractivity contribution < 1.29 is 13.2 Å². The van der Waals surface area contributed by atoms with Crippen LogP contribution in [0, 0.1) is 20.8 Å². The zero-order valence-electron chi connectivity index (χ0n) is 19.9. The number of carbonyl (C=O) groups excluding carboxylic acids is 1. The highest BCUT2D eigenvalue weighted by molar-refractivity contribution is 7.92. The predicted molar refractivity (Wildman–Crippen MR) is 134 cm³/mol. The molecule has 0 fully saturated rings. The van der Waals surface area contributed by atoms with E-state index in [1.54, 1.807) is 42.5 Å². The molecule has 174 valence electrons. The highest BCUT2D eigenvalue weighted by Crippen LogP contribution is 2.28. The van der Waals surface area contributed by atoms with Crippen LogP contribution in [0.5, 0.6) is 0 Å². The zero-order valence-corrected chi connectivity index (χ0v) is 20.7. The predicted octanol–water partition coefficient (Wildman–Crippen LogP) is 5.25. The molecule has 0 unspecified atom stereocenters. The summed E-state index contributed by atoms with van der Waals surface area (Å²) in [4.78, 5) is 13.3. The van der Waals surface area contributed by atoms with Gasteiger partial charge in [-0.3, -0.25) is 9.10 Å². The summed E-state index contributed by atoms with van der Waals surface area (Å²) in [5, 5.41) is 3.00. The number of aryl methyl sites for hydroxylation is 4. The maximum Gasteiger partial charge on any atom is 0.264 e. The Morgan fingerprint density at radius 1 is 0.909 bits per heavy atom. The normalized spacial score (nSPS) is 12.3. The molecule has 0 aliphatic carbocycles. The van der Waals surface area contributed by atoms with Crippen LogP contribution < -0.4 is 9.62 Å². The summed E-state index contributed by atoms with van der Waals surface area (Å²) in [6.07, 6.45) is 0.650. The van der Waals surface area contributed by atoms with Crippen LogP contribution in [0.4, 0.5) is 5.69 Å². The molecule has 0 aliphatic heterocycles. The number of hydrogen-bond donors (Lipinski definition) is 1. The maximum atomic E-state index is 13.6. The number of para-hydroxylation sites is 1. The number of anilines is 1. The average molecular weight is 465 g/mol. The Morgan fingerprint density at radius 3 is 2.18 bits per heavy atom. The third kappa shape index (κ3) is 5.45. The summed E-state index contributed by atoms with van der Waals surface area (Å²) in [7, 11) is -3.93. The summed E-state index contributed by atoms with van der Waals surface area (Å²) < 4.78 is 28.4. The molecular formula is C27H32N2O3S. The van der Waals surface area contributed by atoms with Crippen molar-refractivity contribution >= 4 is 21.6 Å². The minimum atomic E-state index is -3.93. The number of nitrogens with one attached hydrogen (secondary N) is 1. The van der Waals surface area contributed by atoms with Crippen LogP contribution in [0.2, 0.25) is 0 Å². The van der Waals surface area contributed by atoms with Crippen molar-refractivity contribution in [3.8, 4) is 0 Å². The third-order valence-electron chi connectivity index (χ3n) is 5.99. The highest BCUT2D eigenvalue weighted by Gasteiger charge is 2.29. The minimum absolute atomic E-state index is 0.154. The molecule has 3 aromatic carbocycles. The fourth-order valence-corrected chi connectivity index (χ4v) is 5.50. The van der Waals surface area contributed by atoms with Crippen molar-refractivity contribution in [3.63, 3.8) is 0 Å². The van der Waals surface area contributed by atoms with Crippen LogP contribution >= 0.6 is 0 Å². The summed E-state index contributed by atoms with van der Waals surface area (Å²) >= 11 is 0. The summed E-state index contributed by atoms with van der Waals surface area (Å²) in [6.45, 7) is 9.72. The van der Waals surface area contributed by atoms with Gasteiger partial charge >= 0.3 is 0 Å². The second-order valence-electron chi connectivity index (χ2n) is 8.39. The van der Waals surface area contributed by atoms with Crippen LogP contribution in [0.3, 0.4) is 0 Å². The van der Waals surface area contributed by atoms with Crippen molar-refractivity contribution in [2.75, 3.05) is 10.8 Å². The molecule has 0 radical (unpaired) electrons. The number of rotatable bonds is 8. The first-order chi connectivity index (χ1) is 15.6. The first-order valence-corrected chi connectivity index (χ1v) is 12.6. The Balaban J connectivity index is 1.94. The Bertz CT molecular complexity index is 1240. The van der Waals surface area contributed by atoms with Crippen LogP contribution in [0.15, 0.2) is 71.6 Å².